The van der Waals surface area contributed by atoms with Gasteiger partial charge in [-0.25, -0.2) is 0 Å². The number of benzene rings is 3. The standard InChI is InChI=1S/C28H31N3O6/c29-31-30-16-15-20-11-13-23(14-12-20)36-28-27(35-18-22-9-5-2-6-10-22)26(33)25(32)24(37-28)19-34-17-21-7-3-1-4-8-21/h1-14,24-28,32-33H,15-19H2/t24?,25-,26-,27?,28+/m0/s1. The van der Waals surface area contributed by atoms with Crippen molar-refractivity contribution >= 4 is 0 Å². The van der Waals surface area contributed by atoms with Crippen LogP contribution in [0.3, 0.4) is 0 Å². The maximum Gasteiger partial charge on any atom is 0.229 e. The van der Waals surface area contributed by atoms with E-state index in [0.29, 0.717) is 25.3 Å². The Balaban J connectivity index is 1.43. The van der Waals surface area contributed by atoms with Crippen LogP contribution in [0, 0.1) is 0 Å². The Morgan fingerprint density at radius 1 is 0.811 bits per heavy atom. The molecule has 0 saturated carbocycles. The first-order valence-corrected chi connectivity index (χ1v) is 12.2. The zero-order valence-corrected chi connectivity index (χ0v) is 20.4. The molecule has 1 aliphatic heterocycles. The van der Waals surface area contributed by atoms with Gasteiger partial charge in [-0.15, -0.1) is 0 Å². The largest absolute Gasteiger partial charge is 0.462 e. The predicted molar refractivity (Wildman–Crippen MR) is 137 cm³/mol. The lowest BCUT2D eigenvalue weighted by Crippen LogP contribution is -2.61. The third-order valence-electron chi connectivity index (χ3n) is 6.06. The van der Waals surface area contributed by atoms with Gasteiger partial charge in [0.25, 0.3) is 0 Å². The van der Waals surface area contributed by atoms with Gasteiger partial charge in [0, 0.05) is 11.5 Å². The molecule has 3 aromatic rings. The normalized spacial score (nSPS) is 23.2. The Kier molecular flexibility index (Phi) is 9.90. The molecule has 1 fully saturated rings. The van der Waals surface area contributed by atoms with Gasteiger partial charge < -0.3 is 29.2 Å². The first kappa shape index (κ1) is 26.6. The SMILES string of the molecule is [N-]=[N+]=NCCc1ccc(O[C@@H]2OC(COCc3ccccc3)[C@H](O)[C@H](O)C2OCc2ccccc2)cc1. The Morgan fingerprint density at radius 2 is 1.46 bits per heavy atom. The number of nitrogens with zero attached hydrogens (tertiary/aromatic N) is 3. The summed E-state index contributed by atoms with van der Waals surface area (Å²) in [6, 6.07) is 26.5. The minimum Gasteiger partial charge on any atom is -0.462 e. The molecule has 4 rings (SSSR count). The Bertz CT molecular complexity index is 1120. The molecule has 0 aromatic heterocycles. The number of azide groups is 1. The molecule has 37 heavy (non-hydrogen) atoms. The number of hydrogen-bond acceptors (Lipinski definition) is 7. The molecule has 1 saturated heterocycles. The highest BCUT2D eigenvalue weighted by atomic mass is 16.7. The van der Waals surface area contributed by atoms with Crippen molar-refractivity contribution in [3.05, 3.63) is 112 Å². The average molecular weight is 506 g/mol. The quantitative estimate of drug-likeness (QED) is 0.216. The van der Waals surface area contributed by atoms with Crippen LogP contribution in [0.5, 0.6) is 5.75 Å². The van der Waals surface area contributed by atoms with Crippen LogP contribution in [0.25, 0.3) is 10.4 Å². The minimum absolute atomic E-state index is 0.0662. The molecule has 2 N–H and O–H groups in total. The van der Waals surface area contributed by atoms with Crippen molar-refractivity contribution in [3.63, 3.8) is 0 Å². The number of hydrogen-bond donors (Lipinski definition) is 2. The van der Waals surface area contributed by atoms with Crippen molar-refractivity contribution in [2.45, 2.75) is 50.3 Å². The van der Waals surface area contributed by atoms with Crippen LogP contribution in [-0.2, 0) is 33.8 Å². The molecule has 0 radical (unpaired) electrons. The fourth-order valence-electron chi connectivity index (χ4n) is 4.04. The lowest BCUT2D eigenvalue weighted by Gasteiger charge is -2.42. The molecule has 0 amide bonds. The van der Waals surface area contributed by atoms with Crippen LogP contribution < -0.4 is 4.74 Å². The zero-order valence-electron chi connectivity index (χ0n) is 20.4. The van der Waals surface area contributed by atoms with Crippen LogP contribution in [0.15, 0.2) is 90.0 Å². The summed E-state index contributed by atoms with van der Waals surface area (Å²) in [6.45, 7) is 0.996. The van der Waals surface area contributed by atoms with E-state index in [4.69, 9.17) is 24.5 Å². The highest BCUT2D eigenvalue weighted by Gasteiger charge is 2.46. The van der Waals surface area contributed by atoms with E-state index in [1.807, 2.05) is 72.8 Å². The second-order valence-electron chi connectivity index (χ2n) is 8.75. The van der Waals surface area contributed by atoms with Crippen LogP contribution in [-0.4, -0.2) is 54.1 Å². The molecule has 194 valence electrons. The van der Waals surface area contributed by atoms with Crippen molar-refractivity contribution in [2.75, 3.05) is 13.2 Å². The van der Waals surface area contributed by atoms with E-state index >= 15 is 0 Å². The van der Waals surface area contributed by atoms with Crippen molar-refractivity contribution in [1.82, 2.24) is 0 Å². The number of aliphatic hydroxyl groups is 2. The maximum absolute atomic E-state index is 11.0. The zero-order chi connectivity index (χ0) is 25.9. The van der Waals surface area contributed by atoms with Gasteiger partial charge in [-0.05, 0) is 40.8 Å². The molecule has 1 heterocycles. The topological polar surface area (TPSA) is 126 Å². The summed E-state index contributed by atoms with van der Waals surface area (Å²) in [5.74, 6) is 0.512. The van der Waals surface area contributed by atoms with Gasteiger partial charge in [0.05, 0.1) is 19.8 Å². The third-order valence-corrected chi connectivity index (χ3v) is 6.06. The summed E-state index contributed by atoms with van der Waals surface area (Å²) in [5.41, 5.74) is 11.3. The number of ether oxygens (including phenoxy) is 4. The summed E-state index contributed by atoms with van der Waals surface area (Å²) in [6.07, 6.45) is -4.61. The fourth-order valence-corrected chi connectivity index (χ4v) is 4.04. The summed E-state index contributed by atoms with van der Waals surface area (Å²) < 4.78 is 24.0. The minimum atomic E-state index is -1.25. The van der Waals surface area contributed by atoms with Gasteiger partial charge in [0.15, 0.2) is 0 Å². The van der Waals surface area contributed by atoms with Gasteiger partial charge in [0.1, 0.15) is 30.2 Å². The van der Waals surface area contributed by atoms with E-state index in [1.54, 1.807) is 12.1 Å². The van der Waals surface area contributed by atoms with Crippen LogP contribution in [0.4, 0.5) is 0 Å². The molecular weight excluding hydrogens is 474 g/mol. The second-order valence-corrected chi connectivity index (χ2v) is 8.75. The van der Waals surface area contributed by atoms with Gasteiger partial charge >= 0.3 is 0 Å². The van der Waals surface area contributed by atoms with Crippen molar-refractivity contribution < 1.29 is 29.2 Å². The first-order valence-electron chi connectivity index (χ1n) is 12.2. The fraction of sp³-hybridized carbons (Fsp3) is 0.357. The van der Waals surface area contributed by atoms with Gasteiger partial charge in [-0.3, -0.25) is 0 Å². The maximum atomic E-state index is 11.0. The van der Waals surface area contributed by atoms with Crippen LogP contribution in [0.2, 0.25) is 0 Å². The predicted octanol–water partition coefficient (Wildman–Crippen LogP) is 4.17. The highest BCUT2D eigenvalue weighted by Crippen LogP contribution is 2.28. The van der Waals surface area contributed by atoms with E-state index in [9.17, 15) is 10.2 Å². The number of aliphatic hydroxyl groups excluding tert-OH is 2. The molecule has 5 atom stereocenters. The van der Waals surface area contributed by atoms with Crippen LogP contribution >= 0.6 is 0 Å². The molecule has 3 aromatic carbocycles. The molecule has 0 bridgehead atoms. The first-order chi connectivity index (χ1) is 18.1. The van der Waals surface area contributed by atoms with Gasteiger partial charge in [-0.1, -0.05) is 77.9 Å². The summed E-state index contributed by atoms with van der Waals surface area (Å²) in [4.78, 5) is 2.77. The molecular formula is C28H31N3O6. The molecule has 9 nitrogen and oxygen atoms in total. The van der Waals surface area contributed by atoms with Gasteiger partial charge in [-0.2, -0.15) is 0 Å². The van der Waals surface area contributed by atoms with E-state index in [0.717, 1.165) is 16.7 Å². The third kappa shape index (κ3) is 7.77. The highest BCUT2D eigenvalue weighted by molar-refractivity contribution is 5.28. The summed E-state index contributed by atoms with van der Waals surface area (Å²) in [7, 11) is 0. The van der Waals surface area contributed by atoms with E-state index in [2.05, 4.69) is 10.0 Å². The molecule has 0 aliphatic carbocycles. The average Bonchev–Trinajstić information content (AvgIpc) is 2.93. The molecule has 1 aliphatic rings. The molecule has 2 unspecified atom stereocenters. The smallest absolute Gasteiger partial charge is 0.229 e. The van der Waals surface area contributed by atoms with Gasteiger partial charge in [0.2, 0.25) is 6.29 Å². The lowest BCUT2D eigenvalue weighted by atomic mass is 9.99. The lowest BCUT2D eigenvalue weighted by molar-refractivity contribution is -0.292. The Labute approximate surface area is 215 Å². The van der Waals surface area contributed by atoms with Crippen molar-refractivity contribution in [1.29, 1.82) is 0 Å². The van der Waals surface area contributed by atoms with E-state index in [1.165, 1.54) is 0 Å². The van der Waals surface area contributed by atoms with E-state index in [-0.39, 0.29) is 13.2 Å². The monoisotopic (exact) mass is 505 g/mol. The molecule has 0 spiro atoms. The summed E-state index contributed by atoms with van der Waals surface area (Å²) in [5, 5.41) is 25.3. The Hall–Kier alpha value is -3.43. The van der Waals surface area contributed by atoms with Crippen LogP contribution in [0.1, 0.15) is 16.7 Å². The second kappa shape index (κ2) is 13.8. The Morgan fingerprint density at radius 3 is 2.11 bits per heavy atom. The van der Waals surface area contributed by atoms with Crippen molar-refractivity contribution in [3.8, 4) is 5.75 Å². The number of rotatable bonds is 12. The van der Waals surface area contributed by atoms with Crippen molar-refractivity contribution in [2.24, 2.45) is 5.11 Å². The van der Waals surface area contributed by atoms with E-state index < -0.39 is 30.7 Å². The summed E-state index contributed by atoms with van der Waals surface area (Å²) >= 11 is 0. The molecule has 9 heteroatoms.